The van der Waals surface area contributed by atoms with Gasteiger partial charge in [0.15, 0.2) is 0 Å². The zero-order chi connectivity index (χ0) is 10.8. The van der Waals surface area contributed by atoms with Gasteiger partial charge >= 0.3 is 5.91 Å². The Balaban J connectivity index is 2.02. The Morgan fingerprint density at radius 2 is 2.27 bits per heavy atom. The largest absolute Gasteiger partial charge is 0.438 e. The van der Waals surface area contributed by atoms with E-state index in [2.05, 4.69) is 4.98 Å². The Kier molecular flexibility index (Phi) is 2.73. The first-order valence-corrected chi connectivity index (χ1v) is 5.06. The molecule has 2 rings (SSSR count). The number of carbonyl (C=O) groups is 1. The smallest absolute Gasteiger partial charge is 0.309 e. The molecule has 1 saturated heterocycles. The zero-order valence-corrected chi connectivity index (χ0v) is 8.64. The minimum Gasteiger partial charge on any atom is -0.438 e. The van der Waals surface area contributed by atoms with Gasteiger partial charge in [-0.05, 0) is 19.8 Å². The SMILES string of the molecule is Cc1cnc(C(=O)N2CCC(O)CC2)o1. The molecule has 0 aromatic carbocycles. The Morgan fingerprint density at radius 3 is 2.80 bits per heavy atom. The van der Waals surface area contributed by atoms with Crippen LogP contribution in [-0.2, 0) is 0 Å². The number of piperidine rings is 1. The quantitative estimate of drug-likeness (QED) is 0.736. The molecule has 0 bridgehead atoms. The molecule has 5 nitrogen and oxygen atoms in total. The summed E-state index contributed by atoms with van der Waals surface area (Å²) in [6, 6.07) is 0. The molecule has 5 heteroatoms. The van der Waals surface area contributed by atoms with Crippen LogP contribution in [0.2, 0.25) is 0 Å². The molecule has 1 N–H and O–H groups in total. The molecule has 15 heavy (non-hydrogen) atoms. The highest BCUT2D eigenvalue weighted by molar-refractivity contribution is 5.89. The lowest BCUT2D eigenvalue weighted by Crippen LogP contribution is -2.40. The molecular formula is C10H14N2O3. The number of nitrogens with zero attached hydrogens (tertiary/aromatic N) is 2. The maximum absolute atomic E-state index is 11.8. The summed E-state index contributed by atoms with van der Waals surface area (Å²) in [5.41, 5.74) is 0. The number of hydrogen-bond donors (Lipinski definition) is 1. The first-order chi connectivity index (χ1) is 7.16. The average molecular weight is 210 g/mol. The summed E-state index contributed by atoms with van der Waals surface area (Å²) in [6.07, 6.45) is 2.52. The number of rotatable bonds is 1. The number of aryl methyl sites for hydroxylation is 1. The summed E-state index contributed by atoms with van der Waals surface area (Å²) in [4.78, 5) is 17.4. The lowest BCUT2D eigenvalue weighted by molar-refractivity contribution is 0.0512. The molecule has 2 heterocycles. The number of aromatic nitrogens is 1. The van der Waals surface area contributed by atoms with Crippen molar-refractivity contribution in [1.29, 1.82) is 0 Å². The van der Waals surface area contributed by atoms with Gasteiger partial charge in [-0.1, -0.05) is 0 Å². The van der Waals surface area contributed by atoms with Gasteiger partial charge in [0.05, 0.1) is 12.3 Å². The normalized spacial score (nSPS) is 18.1. The summed E-state index contributed by atoms with van der Waals surface area (Å²) < 4.78 is 5.16. The number of hydrogen-bond acceptors (Lipinski definition) is 4. The number of amides is 1. The Bertz CT molecular complexity index is 353. The van der Waals surface area contributed by atoms with E-state index in [0.29, 0.717) is 31.7 Å². The first-order valence-electron chi connectivity index (χ1n) is 5.06. The van der Waals surface area contributed by atoms with E-state index in [1.54, 1.807) is 11.8 Å². The van der Waals surface area contributed by atoms with Crippen molar-refractivity contribution in [3.63, 3.8) is 0 Å². The van der Waals surface area contributed by atoms with E-state index in [1.165, 1.54) is 6.20 Å². The van der Waals surface area contributed by atoms with Gasteiger partial charge in [-0.15, -0.1) is 0 Å². The van der Waals surface area contributed by atoms with Gasteiger partial charge in [-0.25, -0.2) is 4.98 Å². The van der Waals surface area contributed by atoms with Crippen molar-refractivity contribution < 1.29 is 14.3 Å². The molecule has 82 valence electrons. The highest BCUT2D eigenvalue weighted by Crippen LogP contribution is 2.13. The molecule has 0 unspecified atom stereocenters. The Morgan fingerprint density at radius 1 is 1.60 bits per heavy atom. The third-order valence-corrected chi connectivity index (χ3v) is 2.56. The summed E-state index contributed by atoms with van der Waals surface area (Å²) in [5, 5.41) is 9.31. The van der Waals surface area contributed by atoms with Crippen molar-refractivity contribution in [3.8, 4) is 0 Å². The van der Waals surface area contributed by atoms with Crippen LogP contribution in [0.15, 0.2) is 10.6 Å². The summed E-state index contributed by atoms with van der Waals surface area (Å²) >= 11 is 0. The molecule has 0 radical (unpaired) electrons. The molecule has 1 aliphatic rings. The van der Waals surface area contributed by atoms with Crippen LogP contribution in [0, 0.1) is 6.92 Å². The Labute approximate surface area is 87.7 Å². The van der Waals surface area contributed by atoms with Crippen LogP contribution in [0.3, 0.4) is 0 Å². The lowest BCUT2D eigenvalue weighted by atomic mass is 10.1. The number of aliphatic hydroxyl groups excluding tert-OH is 1. The van der Waals surface area contributed by atoms with Crippen LogP contribution in [0.25, 0.3) is 0 Å². The number of carbonyl (C=O) groups excluding carboxylic acids is 1. The van der Waals surface area contributed by atoms with Crippen LogP contribution in [-0.4, -0.2) is 40.1 Å². The van der Waals surface area contributed by atoms with Gasteiger partial charge in [0.2, 0.25) is 0 Å². The second-order valence-corrected chi connectivity index (χ2v) is 3.80. The van der Waals surface area contributed by atoms with Crippen LogP contribution in [0.4, 0.5) is 0 Å². The summed E-state index contributed by atoms with van der Waals surface area (Å²) in [5.74, 6) is 0.592. The molecule has 0 aliphatic carbocycles. The third-order valence-electron chi connectivity index (χ3n) is 2.56. The average Bonchev–Trinajstić information content (AvgIpc) is 2.65. The van der Waals surface area contributed by atoms with Crippen molar-refractivity contribution in [2.45, 2.75) is 25.9 Å². The van der Waals surface area contributed by atoms with Crippen LogP contribution in [0.1, 0.15) is 29.3 Å². The highest BCUT2D eigenvalue weighted by atomic mass is 16.4. The van der Waals surface area contributed by atoms with Crippen molar-refractivity contribution in [2.75, 3.05) is 13.1 Å². The number of aliphatic hydroxyl groups is 1. The van der Waals surface area contributed by atoms with Crippen molar-refractivity contribution in [1.82, 2.24) is 9.88 Å². The predicted molar refractivity (Wildman–Crippen MR) is 52.4 cm³/mol. The fraction of sp³-hybridized carbons (Fsp3) is 0.600. The minimum absolute atomic E-state index is 0.142. The predicted octanol–water partition coefficient (Wildman–Crippen LogP) is 0.580. The fourth-order valence-corrected chi connectivity index (χ4v) is 1.66. The van der Waals surface area contributed by atoms with E-state index in [9.17, 15) is 9.90 Å². The summed E-state index contributed by atoms with van der Waals surface area (Å²) in [7, 11) is 0. The van der Waals surface area contributed by atoms with E-state index in [1.807, 2.05) is 0 Å². The van der Waals surface area contributed by atoms with E-state index in [4.69, 9.17) is 4.42 Å². The van der Waals surface area contributed by atoms with Crippen LogP contribution >= 0.6 is 0 Å². The van der Waals surface area contributed by atoms with E-state index in [-0.39, 0.29) is 17.9 Å². The first kappa shape index (κ1) is 10.2. The standard InChI is InChI=1S/C10H14N2O3/c1-7-6-11-9(15-7)10(14)12-4-2-8(13)3-5-12/h6,8,13H,2-5H2,1H3. The number of likely N-dealkylation sites (tertiary alicyclic amines) is 1. The molecule has 1 fully saturated rings. The molecule has 0 atom stereocenters. The highest BCUT2D eigenvalue weighted by Gasteiger charge is 2.25. The zero-order valence-electron chi connectivity index (χ0n) is 8.64. The van der Waals surface area contributed by atoms with E-state index in [0.717, 1.165) is 0 Å². The second-order valence-electron chi connectivity index (χ2n) is 3.80. The van der Waals surface area contributed by atoms with Gasteiger partial charge in [-0.3, -0.25) is 4.79 Å². The molecule has 0 saturated carbocycles. The van der Waals surface area contributed by atoms with E-state index >= 15 is 0 Å². The maximum Gasteiger partial charge on any atom is 0.309 e. The molecule has 1 aromatic rings. The van der Waals surface area contributed by atoms with Crippen LogP contribution in [0.5, 0.6) is 0 Å². The van der Waals surface area contributed by atoms with Gasteiger partial charge in [0.25, 0.3) is 5.89 Å². The van der Waals surface area contributed by atoms with Gasteiger partial charge in [0, 0.05) is 13.1 Å². The van der Waals surface area contributed by atoms with Crippen LogP contribution < -0.4 is 0 Å². The molecule has 1 aliphatic heterocycles. The maximum atomic E-state index is 11.8. The molecule has 1 aromatic heterocycles. The molecule has 1 amide bonds. The number of oxazole rings is 1. The van der Waals surface area contributed by atoms with E-state index < -0.39 is 0 Å². The Hall–Kier alpha value is -1.36. The summed E-state index contributed by atoms with van der Waals surface area (Å²) in [6.45, 7) is 2.90. The minimum atomic E-state index is -0.277. The van der Waals surface area contributed by atoms with Crippen molar-refractivity contribution in [2.24, 2.45) is 0 Å². The van der Waals surface area contributed by atoms with Gasteiger partial charge < -0.3 is 14.4 Å². The van der Waals surface area contributed by atoms with Gasteiger partial charge in [0.1, 0.15) is 5.76 Å². The lowest BCUT2D eigenvalue weighted by Gasteiger charge is -2.28. The van der Waals surface area contributed by atoms with Crippen molar-refractivity contribution in [3.05, 3.63) is 17.8 Å². The second kappa shape index (κ2) is 4.02. The molecular weight excluding hydrogens is 196 g/mol. The monoisotopic (exact) mass is 210 g/mol. The molecule has 0 spiro atoms. The third kappa shape index (κ3) is 2.18. The van der Waals surface area contributed by atoms with Crippen molar-refractivity contribution >= 4 is 5.91 Å². The fourth-order valence-electron chi connectivity index (χ4n) is 1.66. The van der Waals surface area contributed by atoms with Gasteiger partial charge in [-0.2, -0.15) is 0 Å². The topological polar surface area (TPSA) is 66.6 Å².